The molecule has 1 unspecified atom stereocenters. The lowest BCUT2D eigenvalue weighted by Crippen LogP contribution is -2.19. The highest BCUT2D eigenvalue weighted by Crippen LogP contribution is 2.31. The lowest BCUT2D eigenvalue weighted by Gasteiger charge is -2.17. The van der Waals surface area contributed by atoms with E-state index in [0.717, 1.165) is 11.5 Å². The average Bonchev–Trinajstić information content (AvgIpc) is 2.87. The first kappa shape index (κ1) is 14.3. The largest absolute Gasteiger partial charge is 0.475 e. The van der Waals surface area contributed by atoms with Crippen molar-refractivity contribution in [2.24, 2.45) is 4.99 Å². The molecule has 0 bridgehead atoms. The second-order valence-corrected chi connectivity index (χ2v) is 8.05. The van der Waals surface area contributed by atoms with Gasteiger partial charge in [-0.05, 0) is 45.1 Å². The fourth-order valence-corrected chi connectivity index (χ4v) is 4.20. The van der Waals surface area contributed by atoms with E-state index in [1.54, 1.807) is 0 Å². The Kier molecular flexibility index (Phi) is 3.82. The van der Waals surface area contributed by atoms with Crippen LogP contribution in [0.15, 0.2) is 59.6 Å². The van der Waals surface area contributed by atoms with E-state index >= 15 is 0 Å². The number of hydrogen-bond donors (Lipinski definition) is 0. The molecular weight excluding hydrogens is 277 g/mol. The van der Waals surface area contributed by atoms with Crippen LogP contribution < -0.4 is 10.6 Å². The predicted molar refractivity (Wildman–Crippen MR) is 91.6 cm³/mol. The summed E-state index contributed by atoms with van der Waals surface area (Å²) in [7, 11) is -0.399. The summed E-state index contributed by atoms with van der Waals surface area (Å²) in [6.45, 7) is 7.16. The maximum atomic E-state index is 5.84. The van der Waals surface area contributed by atoms with E-state index in [0.29, 0.717) is 6.61 Å². The lowest BCUT2D eigenvalue weighted by molar-refractivity contribution is 0.279. The molecule has 1 aliphatic rings. The molecule has 0 saturated heterocycles. The standard InChI is InChI=1S/C18H20NOP/c1-18(2)13-20-17(19-18)15-11-7-8-12-16(15)21(3)14-9-5-4-6-10-14/h4-12H,13H2,1-3H3. The summed E-state index contributed by atoms with van der Waals surface area (Å²) in [6.07, 6.45) is 0. The number of aliphatic imine (C=N–C) groups is 1. The van der Waals surface area contributed by atoms with Gasteiger partial charge in [0.15, 0.2) is 0 Å². The van der Waals surface area contributed by atoms with Crippen LogP contribution in [0.25, 0.3) is 0 Å². The van der Waals surface area contributed by atoms with Crippen molar-refractivity contribution in [1.29, 1.82) is 0 Å². The predicted octanol–water partition coefficient (Wildman–Crippen LogP) is 3.30. The van der Waals surface area contributed by atoms with E-state index in [1.807, 2.05) is 0 Å². The summed E-state index contributed by atoms with van der Waals surface area (Å²) in [6, 6.07) is 19.1. The molecule has 1 aliphatic heterocycles. The van der Waals surface area contributed by atoms with Crippen LogP contribution in [-0.2, 0) is 4.74 Å². The Morgan fingerprint density at radius 1 is 1.00 bits per heavy atom. The molecule has 0 saturated carbocycles. The number of benzene rings is 2. The summed E-state index contributed by atoms with van der Waals surface area (Å²) in [5.41, 5.74) is 1.02. The molecule has 2 aromatic rings. The Morgan fingerprint density at radius 2 is 1.67 bits per heavy atom. The third-order valence-corrected chi connectivity index (χ3v) is 5.79. The van der Waals surface area contributed by atoms with Gasteiger partial charge >= 0.3 is 0 Å². The van der Waals surface area contributed by atoms with Gasteiger partial charge in [0.25, 0.3) is 0 Å². The van der Waals surface area contributed by atoms with Gasteiger partial charge < -0.3 is 4.74 Å². The van der Waals surface area contributed by atoms with Crippen LogP contribution in [0.5, 0.6) is 0 Å². The van der Waals surface area contributed by atoms with Gasteiger partial charge in [-0.1, -0.05) is 48.5 Å². The third kappa shape index (κ3) is 3.01. The molecule has 21 heavy (non-hydrogen) atoms. The zero-order chi connectivity index (χ0) is 14.9. The normalized spacial score (nSPS) is 18.0. The van der Waals surface area contributed by atoms with Gasteiger partial charge in [0.2, 0.25) is 5.90 Å². The molecule has 1 atom stereocenters. The van der Waals surface area contributed by atoms with Crippen LogP contribution in [-0.4, -0.2) is 24.7 Å². The van der Waals surface area contributed by atoms with E-state index in [2.05, 4.69) is 75.1 Å². The summed E-state index contributed by atoms with van der Waals surface area (Å²) in [5, 5.41) is 2.70. The second-order valence-electron chi connectivity index (χ2n) is 5.93. The molecule has 0 N–H and O–H groups in total. The van der Waals surface area contributed by atoms with Crippen LogP contribution in [0.1, 0.15) is 19.4 Å². The SMILES string of the molecule is CP(c1ccccc1)c1ccccc1C1=NC(C)(C)CO1. The van der Waals surface area contributed by atoms with E-state index in [4.69, 9.17) is 9.73 Å². The van der Waals surface area contributed by atoms with Gasteiger partial charge in [-0.2, -0.15) is 0 Å². The van der Waals surface area contributed by atoms with Crippen molar-refractivity contribution in [2.75, 3.05) is 13.3 Å². The van der Waals surface area contributed by atoms with E-state index in [-0.39, 0.29) is 5.54 Å². The average molecular weight is 297 g/mol. The fraction of sp³-hybridized carbons (Fsp3) is 0.278. The Morgan fingerprint density at radius 3 is 2.33 bits per heavy atom. The Hall–Kier alpha value is -1.66. The van der Waals surface area contributed by atoms with Crippen molar-refractivity contribution >= 4 is 24.4 Å². The summed E-state index contributed by atoms with van der Waals surface area (Å²) < 4.78 is 5.84. The van der Waals surface area contributed by atoms with Crippen molar-refractivity contribution < 1.29 is 4.74 Å². The second kappa shape index (κ2) is 5.61. The molecule has 108 valence electrons. The van der Waals surface area contributed by atoms with Crippen molar-refractivity contribution in [3.8, 4) is 0 Å². The molecule has 2 aromatic carbocycles. The van der Waals surface area contributed by atoms with Gasteiger partial charge in [0, 0.05) is 5.56 Å². The van der Waals surface area contributed by atoms with E-state index < -0.39 is 7.92 Å². The smallest absolute Gasteiger partial charge is 0.217 e. The van der Waals surface area contributed by atoms with Crippen molar-refractivity contribution in [3.05, 3.63) is 60.2 Å². The molecule has 0 fully saturated rings. The number of ether oxygens (including phenoxy) is 1. The molecule has 3 rings (SSSR count). The third-order valence-electron chi connectivity index (χ3n) is 3.61. The first-order valence-electron chi connectivity index (χ1n) is 7.18. The molecule has 3 heteroatoms. The maximum Gasteiger partial charge on any atom is 0.217 e. The first-order chi connectivity index (χ1) is 10.1. The highest BCUT2D eigenvalue weighted by atomic mass is 31.1. The quantitative estimate of drug-likeness (QED) is 0.797. The minimum absolute atomic E-state index is 0.119. The summed E-state index contributed by atoms with van der Waals surface area (Å²) in [4.78, 5) is 4.73. The minimum Gasteiger partial charge on any atom is -0.475 e. The molecule has 1 heterocycles. The first-order valence-corrected chi connectivity index (χ1v) is 8.96. The van der Waals surface area contributed by atoms with E-state index in [9.17, 15) is 0 Å². The Balaban J connectivity index is 2.01. The van der Waals surface area contributed by atoms with Gasteiger partial charge in [0.05, 0.1) is 5.54 Å². The minimum atomic E-state index is -0.399. The van der Waals surface area contributed by atoms with Crippen LogP contribution in [0, 0.1) is 0 Å². The summed E-state index contributed by atoms with van der Waals surface area (Å²) >= 11 is 0. The van der Waals surface area contributed by atoms with Crippen LogP contribution in [0.2, 0.25) is 0 Å². The van der Waals surface area contributed by atoms with Crippen molar-refractivity contribution in [1.82, 2.24) is 0 Å². The molecule has 0 amide bonds. The molecule has 0 aromatic heterocycles. The lowest BCUT2D eigenvalue weighted by atomic mass is 10.1. The number of rotatable bonds is 3. The molecule has 2 nitrogen and oxygen atoms in total. The molecule has 0 aliphatic carbocycles. The fourth-order valence-electron chi connectivity index (χ4n) is 2.46. The van der Waals surface area contributed by atoms with Crippen LogP contribution >= 0.6 is 7.92 Å². The van der Waals surface area contributed by atoms with Crippen LogP contribution in [0.4, 0.5) is 0 Å². The Labute approximate surface area is 127 Å². The monoisotopic (exact) mass is 297 g/mol. The number of nitrogens with zero attached hydrogens (tertiary/aromatic N) is 1. The Bertz CT molecular complexity index is 664. The number of hydrogen-bond acceptors (Lipinski definition) is 2. The highest BCUT2D eigenvalue weighted by Gasteiger charge is 2.28. The molecule has 0 radical (unpaired) electrons. The maximum absolute atomic E-state index is 5.84. The summed E-state index contributed by atoms with van der Waals surface area (Å²) in [5.74, 6) is 0.792. The van der Waals surface area contributed by atoms with Crippen molar-refractivity contribution in [3.63, 3.8) is 0 Å². The highest BCUT2D eigenvalue weighted by molar-refractivity contribution is 7.72. The topological polar surface area (TPSA) is 21.6 Å². The van der Waals surface area contributed by atoms with Gasteiger partial charge in [0.1, 0.15) is 6.61 Å². The molecular formula is C18H20NOP. The van der Waals surface area contributed by atoms with Crippen LogP contribution in [0.3, 0.4) is 0 Å². The zero-order valence-corrected chi connectivity index (χ0v) is 13.6. The van der Waals surface area contributed by atoms with Crippen molar-refractivity contribution in [2.45, 2.75) is 19.4 Å². The van der Waals surface area contributed by atoms with Gasteiger partial charge in [-0.15, -0.1) is 0 Å². The van der Waals surface area contributed by atoms with Gasteiger partial charge in [-0.3, -0.25) is 0 Å². The van der Waals surface area contributed by atoms with E-state index in [1.165, 1.54) is 10.6 Å². The zero-order valence-electron chi connectivity index (χ0n) is 12.7. The van der Waals surface area contributed by atoms with Gasteiger partial charge in [-0.25, -0.2) is 4.99 Å². The molecule has 0 spiro atoms.